The summed E-state index contributed by atoms with van der Waals surface area (Å²) in [6.45, 7) is 2.19. The smallest absolute Gasteiger partial charge is 0.324 e. The largest absolute Gasteiger partial charge is 0.481 e. The van der Waals surface area contributed by atoms with Crippen molar-refractivity contribution in [3.63, 3.8) is 0 Å². The van der Waals surface area contributed by atoms with E-state index in [9.17, 15) is 19.8 Å². The summed E-state index contributed by atoms with van der Waals surface area (Å²) in [5, 5.41) is 20.2. The van der Waals surface area contributed by atoms with Crippen LogP contribution >= 0.6 is 0 Å². The Morgan fingerprint density at radius 3 is 1.97 bits per heavy atom. The van der Waals surface area contributed by atoms with Crippen molar-refractivity contribution in [3.8, 4) is 11.5 Å². The van der Waals surface area contributed by atoms with E-state index >= 15 is 0 Å². The van der Waals surface area contributed by atoms with Gasteiger partial charge in [0.15, 0.2) is 0 Å². The number of para-hydroxylation sites is 2. The van der Waals surface area contributed by atoms with Gasteiger partial charge < -0.3 is 20.7 Å². The zero-order valence-electron chi connectivity index (χ0n) is 20.5. The lowest BCUT2D eigenvalue weighted by molar-refractivity contribution is -0.145. The van der Waals surface area contributed by atoms with Crippen molar-refractivity contribution in [3.05, 3.63) is 59.7 Å². The Kier molecular flexibility index (Phi) is 7.80. The normalized spacial score (nSPS) is 22.4. The Bertz CT molecular complexity index is 1010. The molecular formula is C29H37NO5. The van der Waals surface area contributed by atoms with Gasteiger partial charge in [-0.05, 0) is 30.9 Å². The standard InChI is InChI=1S/C29H37NO5/c1-2-3-4-5-6-7-8-15-21-25(27(31)32)26(21)29(30,28(33)34)18-22-19-13-9-11-16-23(19)35-24-17-12-10-14-20(22)24/h9-14,16-17,21-22,25-26H,2-8,15,18,30H2,1H3,(H,31,32)(H,33,34)/t21-,25+,26?,29-/m1/s1. The van der Waals surface area contributed by atoms with E-state index in [-0.39, 0.29) is 18.3 Å². The molecule has 0 spiro atoms. The first-order chi connectivity index (χ1) is 16.9. The van der Waals surface area contributed by atoms with Crippen LogP contribution in [0.5, 0.6) is 11.5 Å². The number of fused-ring (bicyclic) bond motifs is 2. The Morgan fingerprint density at radius 1 is 0.886 bits per heavy atom. The molecule has 0 saturated heterocycles. The van der Waals surface area contributed by atoms with Crippen molar-refractivity contribution in [1.82, 2.24) is 0 Å². The molecule has 4 N–H and O–H groups in total. The molecule has 1 aliphatic heterocycles. The van der Waals surface area contributed by atoms with Crippen LogP contribution in [-0.4, -0.2) is 27.7 Å². The summed E-state index contributed by atoms with van der Waals surface area (Å²) in [4.78, 5) is 24.7. The van der Waals surface area contributed by atoms with Gasteiger partial charge in [0.1, 0.15) is 17.0 Å². The fourth-order valence-corrected chi connectivity index (χ4v) is 6.04. The third-order valence-electron chi connectivity index (χ3n) is 7.94. The van der Waals surface area contributed by atoms with Gasteiger partial charge in [-0.25, -0.2) is 0 Å². The number of nitrogens with two attached hydrogens (primary N) is 1. The average molecular weight is 480 g/mol. The summed E-state index contributed by atoms with van der Waals surface area (Å²) in [6, 6.07) is 15.2. The number of carbonyl (C=O) groups is 2. The highest BCUT2D eigenvalue weighted by Crippen LogP contribution is 2.58. The van der Waals surface area contributed by atoms with Crippen LogP contribution in [0.2, 0.25) is 0 Å². The van der Waals surface area contributed by atoms with E-state index in [0.717, 1.165) is 30.4 Å². The molecule has 4 rings (SSSR count). The topological polar surface area (TPSA) is 110 Å². The molecule has 1 heterocycles. The second-order valence-corrected chi connectivity index (χ2v) is 10.2. The minimum atomic E-state index is -1.64. The minimum Gasteiger partial charge on any atom is -0.481 e. The predicted octanol–water partition coefficient (Wildman–Crippen LogP) is 6.18. The highest BCUT2D eigenvalue weighted by Gasteiger charge is 2.66. The molecular weight excluding hydrogens is 442 g/mol. The average Bonchev–Trinajstić information content (AvgIpc) is 3.58. The summed E-state index contributed by atoms with van der Waals surface area (Å²) < 4.78 is 6.06. The fraction of sp³-hybridized carbons (Fsp3) is 0.517. The van der Waals surface area contributed by atoms with Gasteiger partial charge in [-0.3, -0.25) is 9.59 Å². The third-order valence-corrected chi connectivity index (χ3v) is 7.94. The maximum atomic E-state index is 12.6. The van der Waals surface area contributed by atoms with Gasteiger partial charge in [0.2, 0.25) is 0 Å². The van der Waals surface area contributed by atoms with Gasteiger partial charge >= 0.3 is 11.9 Å². The highest BCUT2D eigenvalue weighted by molar-refractivity contribution is 5.84. The number of unbranched alkanes of at least 4 members (excludes halogenated alkanes) is 6. The number of ether oxygens (including phenoxy) is 1. The van der Waals surface area contributed by atoms with Crippen LogP contribution in [0.3, 0.4) is 0 Å². The lowest BCUT2D eigenvalue weighted by atomic mass is 9.75. The van der Waals surface area contributed by atoms with E-state index < -0.39 is 29.3 Å². The number of benzene rings is 2. The maximum absolute atomic E-state index is 12.6. The molecule has 188 valence electrons. The second-order valence-electron chi connectivity index (χ2n) is 10.2. The second kappa shape index (κ2) is 10.8. The van der Waals surface area contributed by atoms with Crippen LogP contribution in [0.4, 0.5) is 0 Å². The summed E-state index contributed by atoms with van der Waals surface area (Å²) in [6.07, 6.45) is 8.82. The summed E-state index contributed by atoms with van der Waals surface area (Å²) in [5.74, 6) is -2.46. The van der Waals surface area contributed by atoms with Gasteiger partial charge in [0.05, 0.1) is 5.92 Å². The van der Waals surface area contributed by atoms with Gasteiger partial charge in [0, 0.05) is 23.0 Å². The fourth-order valence-electron chi connectivity index (χ4n) is 6.04. The monoisotopic (exact) mass is 479 g/mol. The van der Waals surface area contributed by atoms with Crippen molar-refractivity contribution in [1.29, 1.82) is 0 Å². The molecule has 4 atom stereocenters. The maximum Gasteiger partial charge on any atom is 0.324 e. The molecule has 2 aromatic carbocycles. The predicted molar refractivity (Wildman–Crippen MR) is 135 cm³/mol. The molecule has 1 saturated carbocycles. The van der Waals surface area contributed by atoms with Crippen molar-refractivity contribution in [2.75, 3.05) is 0 Å². The van der Waals surface area contributed by atoms with Gasteiger partial charge in [-0.15, -0.1) is 0 Å². The van der Waals surface area contributed by atoms with E-state index in [1.807, 2.05) is 48.5 Å². The number of rotatable bonds is 13. The van der Waals surface area contributed by atoms with Crippen molar-refractivity contribution in [2.24, 2.45) is 23.5 Å². The Labute approximate surface area is 207 Å². The first kappa shape index (κ1) is 25.2. The molecule has 1 aliphatic carbocycles. The van der Waals surface area contributed by atoms with Crippen LogP contribution < -0.4 is 10.5 Å². The van der Waals surface area contributed by atoms with Crippen molar-refractivity contribution in [2.45, 2.75) is 76.2 Å². The zero-order chi connectivity index (χ0) is 25.0. The Balaban J connectivity index is 1.53. The molecule has 35 heavy (non-hydrogen) atoms. The molecule has 1 fully saturated rings. The van der Waals surface area contributed by atoms with Crippen molar-refractivity contribution >= 4 is 11.9 Å². The molecule has 0 bridgehead atoms. The van der Waals surface area contributed by atoms with Gasteiger partial charge in [-0.1, -0.05) is 88.3 Å². The number of aliphatic carboxylic acids is 2. The summed E-state index contributed by atoms with van der Waals surface area (Å²) in [5.41, 5.74) is 6.82. The third kappa shape index (κ3) is 5.22. The van der Waals surface area contributed by atoms with E-state index in [4.69, 9.17) is 10.5 Å². The van der Waals surface area contributed by atoms with E-state index in [2.05, 4.69) is 6.92 Å². The zero-order valence-corrected chi connectivity index (χ0v) is 20.5. The SMILES string of the molecule is CCCCCCCCC[C@H]1C([C@](N)(CC2c3ccccc3Oc3ccccc32)C(=O)O)[C@H]1C(=O)O. The van der Waals surface area contributed by atoms with Gasteiger partial charge in [0.25, 0.3) is 0 Å². The number of hydrogen-bond donors (Lipinski definition) is 3. The Morgan fingerprint density at radius 2 is 1.43 bits per heavy atom. The minimum absolute atomic E-state index is 0.127. The number of hydrogen-bond acceptors (Lipinski definition) is 4. The Hall–Kier alpha value is -2.86. The number of carboxylic acid groups (broad SMARTS) is 2. The lowest BCUT2D eigenvalue weighted by Gasteiger charge is -2.34. The van der Waals surface area contributed by atoms with E-state index in [0.29, 0.717) is 17.9 Å². The van der Waals surface area contributed by atoms with E-state index in [1.54, 1.807) is 0 Å². The summed E-state index contributed by atoms with van der Waals surface area (Å²) in [7, 11) is 0. The molecule has 2 aromatic rings. The lowest BCUT2D eigenvalue weighted by Crippen LogP contribution is -2.52. The van der Waals surface area contributed by atoms with Crippen LogP contribution in [0.1, 0.15) is 81.8 Å². The first-order valence-electron chi connectivity index (χ1n) is 13.0. The van der Waals surface area contributed by atoms with E-state index in [1.165, 1.54) is 25.7 Å². The molecule has 1 unspecified atom stereocenters. The van der Waals surface area contributed by atoms with Crippen LogP contribution in [0.25, 0.3) is 0 Å². The molecule has 0 aromatic heterocycles. The molecule has 6 nitrogen and oxygen atoms in total. The van der Waals surface area contributed by atoms with Crippen LogP contribution in [0.15, 0.2) is 48.5 Å². The molecule has 2 aliphatic rings. The first-order valence-corrected chi connectivity index (χ1v) is 13.0. The van der Waals surface area contributed by atoms with Crippen LogP contribution in [0, 0.1) is 17.8 Å². The molecule has 0 amide bonds. The quantitative estimate of drug-likeness (QED) is 0.296. The van der Waals surface area contributed by atoms with Crippen LogP contribution in [-0.2, 0) is 9.59 Å². The summed E-state index contributed by atoms with van der Waals surface area (Å²) >= 11 is 0. The van der Waals surface area contributed by atoms with Crippen molar-refractivity contribution < 1.29 is 24.5 Å². The van der Waals surface area contributed by atoms with Gasteiger partial charge in [-0.2, -0.15) is 0 Å². The number of carboxylic acids is 2. The molecule has 6 heteroatoms. The highest BCUT2D eigenvalue weighted by atomic mass is 16.5. The molecule has 0 radical (unpaired) electrons.